The molecule has 8 nitrogen and oxygen atoms in total. The number of hydrogen-bond acceptors (Lipinski definition) is 7. The summed E-state index contributed by atoms with van der Waals surface area (Å²) in [5, 5.41) is 13.7. The van der Waals surface area contributed by atoms with Crippen LogP contribution in [0.3, 0.4) is 0 Å². The average Bonchev–Trinajstić information content (AvgIpc) is 3.15. The lowest BCUT2D eigenvalue weighted by Crippen LogP contribution is -2.71. The molecule has 2 bridgehead atoms. The van der Waals surface area contributed by atoms with Gasteiger partial charge in [-0.15, -0.1) is 0 Å². The second kappa shape index (κ2) is 8.09. The van der Waals surface area contributed by atoms with Crippen molar-refractivity contribution in [1.82, 2.24) is 19.5 Å². The van der Waals surface area contributed by atoms with Crippen molar-refractivity contribution >= 4 is 28.6 Å². The molecule has 4 fully saturated rings. The molecule has 1 saturated heterocycles. The van der Waals surface area contributed by atoms with Gasteiger partial charge in [-0.05, 0) is 51.7 Å². The predicted octanol–water partition coefficient (Wildman–Crippen LogP) is 4.25. The van der Waals surface area contributed by atoms with Gasteiger partial charge < -0.3 is 24.5 Å². The molecule has 0 radical (unpaired) electrons. The maximum atomic E-state index is 15.5. The number of aliphatic hydroxyl groups is 1. The van der Waals surface area contributed by atoms with Crippen molar-refractivity contribution in [2.75, 3.05) is 25.6 Å². The van der Waals surface area contributed by atoms with Crippen molar-refractivity contribution in [2.24, 2.45) is 0 Å². The van der Waals surface area contributed by atoms with Gasteiger partial charge in [0.1, 0.15) is 11.3 Å². The topological polar surface area (TPSA) is 94.3 Å². The molecule has 186 valence electrons. The number of methoxy groups -OCH3 is 1. The minimum Gasteiger partial charge on any atom is -0.389 e. The Hall–Kier alpha value is -2.33. The number of aromatic nitrogens is 4. The van der Waals surface area contributed by atoms with Crippen LogP contribution in [0, 0.1) is 5.82 Å². The lowest BCUT2D eigenvalue weighted by Gasteiger charge is -2.68. The molecule has 1 aromatic carbocycles. The molecule has 3 heterocycles. The summed E-state index contributed by atoms with van der Waals surface area (Å²) in [6.45, 7) is 4.98. The van der Waals surface area contributed by atoms with Crippen molar-refractivity contribution in [3.8, 4) is 11.3 Å². The van der Waals surface area contributed by atoms with E-state index < -0.39 is 11.9 Å². The lowest BCUT2D eigenvalue weighted by molar-refractivity contribution is -0.235. The second-order valence-electron chi connectivity index (χ2n) is 10.5. The predicted molar refractivity (Wildman–Crippen MR) is 130 cm³/mol. The van der Waals surface area contributed by atoms with Gasteiger partial charge in [-0.25, -0.2) is 19.3 Å². The Morgan fingerprint density at radius 2 is 2.06 bits per heavy atom. The van der Waals surface area contributed by atoms with Crippen LogP contribution in [0.1, 0.15) is 51.4 Å². The van der Waals surface area contributed by atoms with Crippen molar-refractivity contribution in [3.63, 3.8) is 0 Å². The van der Waals surface area contributed by atoms with E-state index in [1.165, 1.54) is 12.3 Å². The molecular weight excluding hydrogens is 473 g/mol. The molecule has 0 amide bonds. The van der Waals surface area contributed by atoms with Crippen LogP contribution >= 0.6 is 11.6 Å². The Kier molecular flexibility index (Phi) is 5.34. The summed E-state index contributed by atoms with van der Waals surface area (Å²) in [5.41, 5.74) is 2.00. The summed E-state index contributed by atoms with van der Waals surface area (Å²) in [6, 6.07) is 3.22. The largest absolute Gasteiger partial charge is 0.389 e. The van der Waals surface area contributed by atoms with Crippen LogP contribution in [0.4, 0.5) is 10.3 Å². The van der Waals surface area contributed by atoms with Gasteiger partial charge in [0.05, 0.1) is 46.8 Å². The number of benzene rings is 1. The average molecular weight is 502 g/mol. The zero-order valence-corrected chi connectivity index (χ0v) is 20.8. The number of ether oxygens (including phenoxy) is 2. The SMILES string of the molecule is COC12CC(c3nc4c(F)cc(-c5nc(N[C@@H]6CCOC[C@H]6O)ncc5Cl)cc4n3C(C)C)(C1)C2. The number of aliphatic hydroxyl groups excluding tert-OH is 1. The number of hydrogen-bond donors (Lipinski definition) is 2. The number of fused-ring (bicyclic) bond motifs is 1. The van der Waals surface area contributed by atoms with E-state index in [9.17, 15) is 5.11 Å². The van der Waals surface area contributed by atoms with Crippen LogP contribution in [0.15, 0.2) is 18.3 Å². The fourth-order valence-corrected chi connectivity index (χ4v) is 6.23. The minimum absolute atomic E-state index is 0.0282. The molecule has 3 saturated carbocycles. The quantitative estimate of drug-likeness (QED) is 0.521. The molecule has 3 aliphatic carbocycles. The summed E-state index contributed by atoms with van der Waals surface area (Å²) >= 11 is 6.47. The van der Waals surface area contributed by atoms with Crippen LogP contribution in [-0.4, -0.2) is 62.7 Å². The number of nitrogens with zero attached hydrogens (tertiary/aromatic N) is 4. The molecule has 7 rings (SSSR count). The Labute approximate surface area is 207 Å². The second-order valence-corrected chi connectivity index (χ2v) is 10.9. The molecule has 2 atom stereocenters. The minimum atomic E-state index is -0.659. The number of anilines is 1. The van der Waals surface area contributed by atoms with Gasteiger partial charge >= 0.3 is 0 Å². The van der Waals surface area contributed by atoms with Crippen molar-refractivity contribution in [3.05, 3.63) is 35.0 Å². The molecule has 35 heavy (non-hydrogen) atoms. The Morgan fingerprint density at radius 1 is 1.29 bits per heavy atom. The number of halogens is 2. The van der Waals surface area contributed by atoms with Crippen LogP contribution in [-0.2, 0) is 14.9 Å². The van der Waals surface area contributed by atoms with E-state index in [1.54, 1.807) is 7.11 Å². The summed E-state index contributed by atoms with van der Waals surface area (Å²) in [4.78, 5) is 13.7. The van der Waals surface area contributed by atoms with E-state index in [-0.39, 0.29) is 29.7 Å². The van der Waals surface area contributed by atoms with Crippen molar-refractivity contribution in [2.45, 2.75) is 68.7 Å². The molecule has 1 aliphatic heterocycles. The van der Waals surface area contributed by atoms with E-state index in [0.717, 1.165) is 30.6 Å². The van der Waals surface area contributed by atoms with Crippen molar-refractivity contribution < 1.29 is 19.0 Å². The summed E-state index contributed by atoms with van der Waals surface area (Å²) in [6.07, 6.45) is 4.24. The Balaban J connectivity index is 1.40. The normalized spacial score (nSPS) is 29.8. The number of rotatable bonds is 6. The van der Waals surface area contributed by atoms with Gasteiger partial charge in [-0.1, -0.05) is 11.6 Å². The first-order valence-electron chi connectivity index (χ1n) is 12.1. The third-order valence-electron chi connectivity index (χ3n) is 7.81. The zero-order chi connectivity index (χ0) is 24.5. The van der Waals surface area contributed by atoms with E-state index in [1.807, 2.05) is 6.07 Å². The van der Waals surface area contributed by atoms with Crippen LogP contribution < -0.4 is 5.32 Å². The number of imidazole rings is 1. The maximum absolute atomic E-state index is 15.5. The molecule has 0 spiro atoms. The Bertz CT molecular complexity index is 1290. The number of nitrogens with one attached hydrogen (secondary N) is 1. The molecule has 2 N–H and O–H groups in total. The van der Waals surface area contributed by atoms with E-state index in [4.69, 9.17) is 26.1 Å². The van der Waals surface area contributed by atoms with E-state index >= 15 is 4.39 Å². The third kappa shape index (κ3) is 3.55. The van der Waals surface area contributed by atoms with Crippen LogP contribution in [0.5, 0.6) is 0 Å². The van der Waals surface area contributed by atoms with Gasteiger partial charge in [0, 0.05) is 30.7 Å². The summed E-state index contributed by atoms with van der Waals surface area (Å²) in [7, 11) is 1.76. The maximum Gasteiger partial charge on any atom is 0.223 e. The fraction of sp³-hybridized carbons (Fsp3) is 0.560. The molecule has 2 aromatic heterocycles. The molecule has 3 aromatic rings. The smallest absolute Gasteiger partial charge is 0.223 e. The monoisotopic (exact) mass is 501 g/mol. The Morgan fingerprint density at radius 3 is 2.74 bits per heavy atom. The zero-order valence-electron chi connectivity index (χ0n) is 20.0. The van der Waals surface area contributed by atoms with Crippen molar-refractivity contribution in [1.29, 1.82) is 0 Å². The van der Waals surface area contributed by atoms with Gasteiger partial charge in [-0.3, -0.25) is 0 Å². The highest BCUT2D eigenvalue weighted by Crippen LogP contribution is 2.69. The van der Waals surface area contributed by atoms with Gasteiger partial charge in [0.15, 0.2) is 5.82 Å². The van der Waals surface area contributed by atoms with Crippen LogP contribution in [0.25, 0.3) is 22.3 Å². The highest BCUT2D eigenvalue weighted by atomic mass is 35.5. The van der Waals surface area contributed by atoms with E-state index in [0.29, 0.717) is 40.8 Å². The highest BCUT2D eigenvalue weighted by molar-refractivity contribution is 6.33. The van der Waals surface area contributed by atoms with Gasteiger partial charge in [0.2, 0.25) is 5.95 Å². The molecular formula is C25H29ClFN5O3. The third-order valence-corrected chi connectivity index (χ3v) is 8.09. The van der Waals surface area contributed by atoms with Gasteiger partial charge in [-0.2, -0.15) is 0 Å². The first-order chi connectivity index (χ1) is 16.7. The highest BCUT2D eigenvalue weighted by Gasteiger charge is 2.71. The summed E-state index contributed by atoms with van der Waals surface area (Å²) < 4.78 is 28.6. The first-order valence-corrected chi connectivity index (χ1v) is 12.4. The lowest BCUT2D eigenvalue weighted by atomic mass is 9.40. The van der Waals surface area contributed by atoms with E-state index in [2.05, 4.69) is 33.7 Å². The molecule has 10 heteroatoms. The molecule has 0 unspecified atom stereocenters. The first kappa shape index (κ1) is 23.1. The standard InChI is InChI=1S/C25H29ClFN5O3/c1-13(2)32-18-7-14(6-16(27)21(18)30-22(32)24-10-25(11-24,12-24)34-3)20-15(26)8-28-23(31-20)29-17-4-5-35-9-19(17)33/h6-8,13,17,19,33H,4-5,9-12H2,1-3H3,(H,28,29,31)/t17-,19-,24?,25?/m1/s1. The summed E-state index contributed by atoms with van der Waals surface area (Å²) in [5.74, 6) is 0.852. The van der Waals surface area contributed by atoms with Gasteiger partial charge in [0.25, 0.3) is 0 Å². The fourth-order valence-electron chi connectivity index (χ4n) is 6.03. The molecule has 4 aliphatic rings. The van der Waals surface area contributed by atoms with Crippen LogP contribution in [0.2, 0.25) is 5.02 Å².